The van der Waals surface area contributed by atoms with Crippen molar-refractivity contribution in [3.05, 3.63) is 104 Å². The predicted octanol–water partition coefficient (Wildman–Crippen LogP) is 4.93. The van der Waals surface area contributed by atoms with E-state index >= 15 is 4.39 Å². The number of nitrogens with one attached hydrogen (secondary N) is 3. The highest BCUT2D eigenvalue weighted by Crippen LogP contribution is 2.42. The van der Waals surface area contributed by atoms with E-state index in [0.29, 0.717) is 62.0 Å². The van der Waals surface area contributed by atoms with E-state index < -0.39 is 17.9 Å². The van der Waals surface area contributed by atoms with Crippen molar-refractivity contribution in [2.45, 2.75) is 44.5 Å². The third kappa shape index (κ3) is 8.50. The largest absolute Gasteiger partial charge is 0.481 e. The number of amides is 1. The Morgan fingerprint density at radius 1 is 1.04 bits per heavy atom. The van der Waals surface area contributed by atoms with Gasteiger partial charge in [0, 0.05) is 84.9 Å². The number of hydrogen-bond donors (Lipinski definition) is 4. The number of rotatable bonds is 14. The van der Waals surface area contributed by atoms with E-state index in [-0.39, 0.29) is 60.7 Å². The third-order valence-corrected chi connectivity index (χ3v) is 9.80. The second-order valence-electron chi connectivity index (χ2n) is 12.5. The van der Waals surface area contributed by atoms with Gasteiger partial charge >= 0.3 is 5.97 Å². The standard InChI is InChI=1S/C38H37Cl2FN6O6/c1-52-34(50)14-24(48)19-42-16-22-17-44-32-13-21(11-12-47(32)38(22)51)25-5-3-6-26(35(25)39)27-7-4-8-28(36(27)40)31-15-30(41)29(37(46-31)53-2)20-43-18-23-9-10-33(49)45-23/h3-8,11-13,15,17,23-24,42-43,48H,9-10,14,16,18-20H2,1-2H3,(H,45,49)/t23-,24+/m0/s1. The quantitative estimate of drug-likeness (QED) is 0.115. The fraction of sp³-hybridized carbons (Fsp3) is 0.289. The Morgan fingerprint density at radius 3 is 2.45 bits per heavy atom. The Balaban J connectivity index is 1.23. The van der Waals surface area contributed by atoms with E-state index in [9.17, 15) is 19.5 Å². The molecule has 0 spiro atoms. The van der Waals surface area contributed by atoms with Gasteiger partial charge in [0.1, 0.15) is 11.5 Å². The van der Waals surface area contributed by atoms with Crippen LogP contribution >= 0.6 is 23.2 Å². The minimum atomic E-state index is -0.957. The highest BCUT2D eigenvalue weighted by molar-refractivity contribution is 6.39. The zero-order chi connectivity index (χ0) is 37.6. The molecule has 5 aromatic rings. The molecule has 3 aromatic heterocycles. The van der Waals surface area contributed by atoms with Crippen LogP contribution in [0.25, 0.3) is 39.2 Å². The number of aromatic nitrogens is 3. The number of nitrogens with zero attached hydrogens (tertiary/aromatic N) is 3. The smallest absolute Gasteiger partial charge is 0.308 e. The second-order valence-corrected chi connectivity index (χ2v) is 13.3. The van der Waals surface area contributed by atoms with E-state index in [2.05, 4.69) is 30.7 Å². The summed E-state index contributed by atoms with van der Waals surface area (Å²) in [5.74, 6) is -0.915. The average Bonchev–Trinajstić information content (AvgIpc) is 3.57. The number of hydrogen-bond acceptors (Lipinski definition) is 10. The molecule has 12 nitrogen and oxygen atoms in total. The summed E-state index contributed by atoms with van der Waals surface area (Å²) in [6.45, 7) is 0.882. The fourth-order valence-electron chi connectivity index (χ4n) is 6.21. The maximum Gasteiger partial charge on any atom is 0.308 e. The number of ether oxygens (including phenoxy) is 2. The zero-order valence-corrected chi connectivity index (χ0v) is 30.4. The Bertz CT molecular complexity index is 2230. The van der Waals surface area contributed by atoms with Crippen LogP contribution in [-0.2, 0) is 27.4 Å². The Labute approximate surface area is 314 Å². The molecule has 15 heteroatoms. The number of fused-ring (bicyclic) bond motifs is 1. The maximum absolute atomic E-state index is 15.6. The number of esters is 1. The molecule has 1 saturated heterocycles. The Kier molecular flexibility index (Phi) is 12.0. The summed E-state index contributed by atoms with van der Waals surface area (Å²) in [7, 11) is 2.67. The Morgan fingerprint density at radius 2 is 1.75 bits per heavy atom. The zero-order valence-electron chi connectivity index (χ0n) is 28.9. The summed E-state index contributed by atoms with van der Waals surface area (Å²) in [6.07, 6.45) is 3.17. The van der Waals surface area contributed by atoms with Crippen LogP contribution in [0.15, 0.2) is 71.8 Å². The van der Waals surface area contributed by atoms with Crippen molar-refractivity contribution in [2.24, 2.45) is 0 Å². The first-order valence-corrected chi connectivity index (χ1v) is 17.6. The molecule has 2 atom stereocenters. The van der Waals surface area contributed by atoms with Gasteiger partial charge in [0.25, 0.3) is 5.56 Å². The number of aliphatic hydroxyl groups is 1. The number of benzene rings is 2. The molecule has 6 rings (SSSR count). The van der Waals surface area contributed by atoms with Gasteiger partial charge in [-0.2, -0.15) is 0 Å². The summed E-state index contributed by atoms with van der Waals surface area (Å²) < 4.78 is 27.0. The van der Waals surface area contributed by atoms with Gasteiger partial charge in [0.15, 0.2) is 0 Å². The van der Waals surface area contributed by atoms with Gasteiger partial charge in [-0.25, -0.2) is 14.4 Å². The number of carbonyl (C=O) groups is 2. The van der Waals surface area contributed by atoms with Crippen LogP contribution < -0.4 is 26.2 Å². The van der Waals surface area contributed by atoms with Crippen molar-refractivity contribution in [3.8, 4) is 39.4 Å². The lowest BCUT2D eigenvalue weighted by atomic mass is 9.97. The van der Waals surface area contributed by atoms with Gasteiger partial charge in [-0.15, -0.1) is 0 Å². The minimum Gasteiger partial charge on any atom is -0.481 e. The summed E-state index contributed by atoms with van der Waals surface area (Å²) in [5, 5.41) is 19.7. The summed E-state index contributed by atoms with van der Waals surface area (Å²) in [4.78, 5) is 45.1. The molecule has 0 aliphatic carbocycles. The average molecular weight is 764 g/mol. The molecule has 1 fully saturated rings. The summed E-state index contributed by atoms with van der Waals surface area (Å²) in [6, 6.07) is 15.7. The van der Waals surface area contributed by atoms with Crippen molar-refractivity contribution < 1.29 is 28.6 Å². The van der Waals surface area contributed by atoms with Gasteiger partial charge in [-0.1, -0.05) is 59.6 Å². The predicted molar refractivity (Wildman–Crippen MR) is 199 cm³/mol. The van der Waals surface area contributed by atoms with Crippen molar-refractivity contribution in [3.63, 3.8) is 0 Å². The van der Waals surface area contributed by atoms with E-state index in [0.717, 1.165) is 6.42 Å². The molecule has 2 aromatic carbocycles. The van der Waals surface area contributed by atoms with E-state index in [1.807, 2.05) is 24.3 Å². The molecule has 4 heterocycles. The first kappa shape index (κ1) is 37.8. The lowest BCUT2D eigenvalue weighted by Crippen LogP contribution is -2.35. The molecular weight excluding hydrogens is 726 g/mol. The lowest BCUT2D eigenvalue weighted by Gasteiger charge is -2.16. The Hall–Kier alpha value is -4.92. The SMILES string of the molecule is COC(=O)C[C@@H](O)CNCc1cnc2cc(-c3cccc(-c4cccc(-c5cc(F)c(CNC[C@@H]6CCC(=O)N6)c(OC)n5)c4Cl)c3Cl)ccn2c1=O. The number of aliphatic hydroxyl groups excluding tert-OH is 1. The van der Waals surface area contributed by atoms with E-state index in [1.165, 1.54) is 30.9 Å². The van der Waals surface area contributed by atoms with Gasteiger partial charge in [-0.3, -0.25) is 18.8 Å². The molecule has 0 unspecified atom stereocenters. The number of halogens is 3. The molecule has 0 saturated carbocycles. The maximum atomic E-state index is 15.6. The van der Waals surface area contributed by atoms with E-state index in [4.69, 9.17) is 27.9 Å². The molecule has 53 heavy (non-hydrogen) atoms. The molecular formula is C38H37Cl2FN6O6. The monoisotopic (exact) mass is 762 g/mol. The van der Waals surface area contributed by atoms with Gasteiger partial charge in [0.05, 0.1) is 48.0 Å². The molecule has 4 N–H and O–H groups in total. The van der Waals surface area contributed by atoms with Crippen LogP contribution in [-0.4, -0.2) is 70.8 Å². The molecule has 0 bridgehead atoms. The van der Waals surface area contributed by atoms with Crippen LogP contribution in [0, 0.1) is 5.82 Å². The van der Waals surface area contributed by atoms with Gasteiger partial charge < -0.3 is 30.5 Å². The van der Waals surface area contributed by atoms with Crippen molar-refractivity contribution in [2.75, 3.05) is 27.3 Å². The van der Waals surface area contributed by atoms with Crippen LogP contribution in [0.3, 0.4) is 0 Å². The summed E-state index contributed by atoms with van der Waals surface area (Å²) >= 11 is 14.0. The molecule has 1 aliphatic rings. The summed E-state index contributed by atoms with van der Waals surface area (Å²) in [5.41, 5.74) is 4.12. The normalized spacial score (nSPS) is 14.7. The third-order valence-electron chi connectivity index (χ3n) is 8.98. The number of carbonyl (C=O) groups excluding carboxylic acids is 2. The first-order chi connectivity index (χ1) is 25.6. The van der Waals surface area contributed by atoms with Gasteiger partial charge in [-0.05, 0) is 24.1 Å². The van der Waals surface area contributed by atoms with Crippen molar-refractivity contribution in [1.29, 1.82) is 0 Å². The van der Waals surface area contributed by atoms with Crippen LogP contribution in [0.2, 0.25) is 10.0 Å². The number of pyridine rings is 2. The van der Waals surface area contributed by atoms with Crippen molar-refractivity contribution >= 4 is 40.7 Å². The fourth-order valence-corrected chi connectivity index (χ4v) is 6.87. The molecule has 276 valence electrons. The molecule has 1 aliphatic heterocycles. The van der Waals surface area contributed by atoms with Crippen LogP contribution in [0.4, 0.5) is 4.39 Å². The topological polar surface area (TPSA) is 156 Å². The minimum absolute atomic E-state index is 0.00529. The van der Waals surface area contributed by atoms with Gasteiger partial charge in [0.2, 0.25) is 11.8 Å². The second kappa shape index (κ2) is 16.8. The molecule has 1 amide bonds. The molecule has 0 radical (unpaired) electrons. The van der Waals surface area contributed by atoms with Crippen LogP contribution in [0.5, 0.6) is 5.88 Å². The highest BCUT2D eigenvalue weighted by Gasteiger charge is 2.22. The van der Waals surface area contributed by atoms with Crippen molar-refractivity contribution in [1.82, 2.24) is 30.3 Å². The first-order valence-electron chi connectivity index (χ1n) is 16.9. The van der Waals surface area contributed by atoms with Crippen LogP contribution in [0.1, 0.15) is 30.4 Å². The highest BCUT2D eigenvalue weighted by atomic mass is 35.5. The number of methoxy groups -OCH3 is 2. The lowest BCUT2D eigenvalue weighted by molar-refractivity contribution is -0.142. The van der Waals surface area contributed by atoms with E-state index in [1.54, 1.807) is 30.5 Å².